The number of carbonyl (C=O) groups excluding carboxylic acids is 1. The van der Waals surface area contributed by atoms with Crippen LogP contribution in [0.5, 0.6) is 0 Å². The van der Waals surface area contributed by atoms with E-state index in [-0.39, 0.29) is 16.9 Å². The molecule has 0 spiro atoms. The van der Waals surface area contributed by atoms with Gasteiger partial charge >= 0.3 is 0 Å². The zero-order chi connectivity index (χ0) is 14.1. The van der Waals surface area contributed by atoms with E-state index in [0.29, 0.717) is 6.54 Å². The molecule has 0 radical (unpaired) electrons. The van der Waals surface area contributed by atoms with Crippen LogP contribution in [0.3, 0.4) is 0 Å². The molecule has 0 N–H and O–H groups in total. The van der Waals surface area contributed by atoms with Crippen molar-refractivity contribution in [1.29, 1.82) is 0 Å². The van der Waals surface area contributed by atoms with E-state index in [0.717, 1.165) is 24.3 Å². The fraction of sp³-hybridized carbons (Fsp3) is 0.267. The molecule has 1 aliphatic rings. The van der Waals surface area contributed by atoms with Crippen molar-refractivity contribution in [2.75, 3.05) is 25.0 Å². The van der Waals surface area contributed by atoms with Crippen molar-refractivity contribution in [2.45, 2.75) is 6.54 Å². The minimum Gasteiger partial charge on any atom is -0.440 e. The van der Waals surface area contributed by atoms with Gasteiger partial charge in [0.1, 0.15) is 0 Å². The number of benzene rings is 1. The van der Waals surface area contributed by atoms with Gasteiger partial charge in [-0.1, -0.05) is 18.2 Å². The molecule has 5 heteroatoms. The average Bonchev–Trinajstić information content (AvgIpc) is 2.79. The summed E-state index contributed by atoms with van der Waals surface area (Å²) in [5.41, 5.74) is 2.08. The number of hydrogen-bond donors (Lipinski definition) is 0. The lowest BCUT2D eigenvalue weighted by Gasteiger charge is -2.21. The van der Waals surface area contributed by atoms with Crippen molar-refractivity contribution in [1.82, 2.24) is 4.90 Å². The molecule has 0 saturated heterocycles. The van der Waals surface area contributed by atoms with Gasteiger partial charge in [-0.05, 0) is 42.4 Å². The van der Waals surface area contributed by atoms with Gasteiger partial charge in [-0.2, -0.15) is 0 Å². The van der Waals surface area contributed by atoms with Crippen LogP contribution in [0, 0.1) is 0 Å². The first-order chi connectivity index (χ1) is 9.65. The molecule has 0 aliphatic carbocycles. The van der Waals surface area contributed by atoms with Crippen LogP contribution >= 0.6 is 11.6 Å². The minimum atomic E-state index is -0.153. The van der Waals surface area contributed by atoms with Gasteiger partial charge in [-0.15, -0.1) is 0 Å². The maximum Gasteiger partial charge on any atom is 0.294 e. The van der Waals surface area contributed by atoms with Crippen LogP contribution in [-0.4, -0.2) is 30.9 Å². The minimum absolute atomic E-state index is 0.153. The fourth-order valence-corrected chi connectivity index (χ4v) is 2.59. The second-order valence-electron chi connectivity index (χ2n) is 4.93. The summed E-state index contributed by atoms with van der Waals surface area (Å²) in [5, 5.41) is 0.230. The summed E-state index contributed by atoms with van der Waals surface area (Å²) in [5.74, 6) is 0.119. The average molecular weight is 291 g/mol. The maximum absolute atomic E-state index is 12.6. The lowest BCUT2D eigenvalue weighted by Crippen LogP contribution is -2.34. The number of rotatable bonds is 1. The van der Waals surface area contributed by atoms with Gasteiger partial charge in [-0.25, -0.2) is 0 Å². The Labute approximate surface area is 122 Å². The first-order valence-electron chi connectivity index (χ1n) is 6.49. The summed E-state index contributed by atoms with van der Waals surface area (Å²) in [7, 11) is 2.05. The molecule has 1 aliphatic heterocycles. The summed E-state index contributed by atoms with van der Waals surface area (Å²) >= 11 is 5.75. The van der Waals surface area contributed by atoms with Gasteiger partial charge in [0.05, 0.1) is 0 Å². The molecule has 0 unspecified atom stereocenters. The Hall–Kier alpha value is -1.78. The van der Waals surface area contributed by atoms with E-state index in [1.54, 1.807) is 17.0 Å². The molecule has 1 aromatic carbocycles. The second kappa shape index (κ2) is 5.31. The Morgan fingerprint density at radius 1 is 1.20 bits per heavy atom. The predicted octanol–water partition coefficient (Wildman–Crippen LogP) is 3.03. The van der Waals surface area contributed by atoms with Gasteiger partial charge in [0, 0.05) is 25.3 Å². The highest BCUT2D eigenvalue weighted by Gasteiger charge is 2.25. The molecule has 3 rings (SSSR count). The number of amides is 1. The van der Waals surface area contributed by atoms with Crippen LogP contribution < -0.4 is 4.90 Å². The Morgan fingerprint density at radius 2 is 2.00 bits per heavy atom. The number of fused-ring (bicyclic) bond motifs is 1. The van der Waals surface area contributed by atoms with Crippen LogP contribution in [-0.2, 0) is 6.54 Å². The molecule has 0 bridgehead atoms. The van der Waals surface area contributed by atoms with Gasteiger partial charge in [0.15, 0.2) is 11.0 Å². The summed E-state index contributed by atoms with van der Waals surface area (Å²) in [6.45, 7) is 2.28. The topological polar surface area (TPSA) is 36.7 Å². The smallest absolute Gasteiger partial charge is 0.294 e. The van der Waals surface area contributed by atoms with E-state index in [1.165, 1.54) is 0 Å². The molecule has 104 valence electrons. The Kier molecular flexibility index (Phi) is 3.51. The maximum atomic E-state index is 12.6. The molecule has 20 heavy (non-hydrogen) atoms. The van der Waals surface area contributed by atoms with Crippen LogP contribution in [0.2, 0.25) is 5.22 Å². The third-order valence-electron chi connectivity index (χ3n) is 3.46. The fourth-order valence-electron chi connectivity index (χ4n) is 2.44. The molecule has 0 atom stereocenters. The van der Waals surface area contributed by atoms with Crippen molar-refractivity contribution in [3.05, 3.63) is 52.9 Å². The highest BCUT2D eigenvalue weighted by Crippen LogP contribution is 2.26. The number of furan rings is 1. The van der Waals surface area contributed by atoms with E-state index in [2.05, 4.69) is 11.9 Å². The highest BCUT2D eigenvalue weighted by molar-refractivity contribution is 6.29. The van der Waals surface area contributed by atoms with Gasteiger partial charge < -0.3 is 14.2 Å². The van der Waals surface area contributed by atoms with Crippen LogP contribution in [0.25, 0.3) is 0 Å². The number of para-hydroxylation sites is 1. The molecular weight excluding hydrogens is 276 g/mol. The summed E-state index contributed by atoms with van der Waals surface area (Å²) in [6, 6.07) is 11.2. The largest absolute Gasteiger partial charge is 0.440 e. The Morgan fingerprint density at radius 3 is 2.75 bits per heavy atom. The first-order valence-corrected chi connectivity index (χ1v) is 6.86. The second-order valence-corrected chi connectivity index (χ2v) is 5.30. The van der Waals surface area contributed by atoms with Crippen molar-refractivity contribution in [3.63, 3.8) is 0 Å². The number of halogens is 1. The van der Waals surface area contributed by atoms with Crippen LogP contribution in [0.15, 0.2) is 40.8 Å². The Balaban J connectivity index is 1.99. The third kappa shape index (κ3) is 2.44. The first kappa shape index (κ1) is 13.2. The van der Waals surface area contributed by atoms with Crippen LogP contribution in [0.1, 0.15) is 16.1 Å². The zero-order valence-electron chi connectivity index (χ0n) is 11.2. The third-order valence-corrected chi connectivity index (χ3v) is 3.66. The number of nitrogens with zero attached hydrogens (tertiary/aromatic N) is 2. The molecular formula is C15H15ClN2O2. The molecule has 2 heterocycles. The Bertz CT molecular complexity index is 638. The van der Waals surface area contributed by atoms with Gasteiger partial charge in [0.2, 0.25) is 0 Å². The number of likely N-dealkylation sites (N-methyl/N-ethyl adjacent to an activating group) is 1. The quantitative estimate of drug-likeness (QED) is 0.810. The van der Waals surface area contributed by atoms with Gasteiger partial charge in [0.25, 0.3) is 5.91 Å². The lowest BCUT2D eigenvalue weighted by molar-refractivity contribution is 0.0959. The summed E-state index contributed by atoms with van der Waals surface area (Å²) in [6.07, 6.45) is 0. The molecule has 0 saturated carbocycles. The summed E-state index contributed by atoms with van der Waals surface area (Å²) in [4.78, 5) is 16.5. The molecule has 1 aromatic heterocycles. The van der Waals surface area contributed by atoms with E-state index in [4.69, 9.17) is 16.0 Å². The molecule has 4 nitrogen and oxygen atoms in total. The molecule has 2 aromatic rings. The number of anilines is 1. The summed E-state index contributed by atoms with van der Waals surface area (Å²) < 4.78 is 5.24. The number of carbonyl (C=O) groups is 1. The van der Waals surface area contributed by atoms with E-state index >= 15 is 0 Å². The monoisotopic (exact) mass is 290 g/mol. The SMILES string of the molecule is CN1CCN(C(=O)c2ccc(Cl)o2)c2ccccc2C1. The number of hydrogen-bond acceptors (Lipinski definition) is 3. The highest BCUT2D eigenvalue weighted by atomic mass is 35.5. The van der Waals surface area contributed by atoms with E-state index in [1.807, 2.05) is 24.3 Å². The van der Waals surface area contributed by atoms with Crippen molar-refractivity contribution < 1.29 is 9.21 Å². The van der Waals surface area contributed by atoms with Crippen molar-refractivity contribution in [2.24, 2.45) is 0 Å². The van der Waals surface area contributed by atoms with E-state index < -0.39 is 0 Å². The van der Waals surface area contributed by atoms with Crippen molar-refractivity contribution in [3.8, 4) is 0 Å². The molecule has 1 amide bonds. The lowest BCUT2D eigenvalue weighted by atomic mass is 10.1. The van der Waals surface area contributed by atoms with E-state index in [9.17, 15) is 4.79 Å². The van der Waals surface area contributed by atoms with Crippen LogP contribution in [0.4, 0.5) is 5.69 Å². The zero-order valence-corrected chi connectivity index (χ0v) is 11.9. The normalized spacial score (nSPS) is 15.8. The predicted molar refractivity (Wildman–Crippen MR) is 78.2 cm³/mol. The standard InChI is InChI=1S/C15H15ClN2O2/c1-17-8-9-18(12-5-3-2-4-11(12)10-17)15(19)13-6-7-14(16)20-13/h2-7H,8-10H2,1H3. The van der Waals surface area contributed by atoms with Gasteiger partial charge in [-0.3, -0.25) is 4.79 Å². The molecule has 0 fully saturated rings. The van der Waals surface area contributed by atoms with Crippen molar-refractivity contribution >= 4 is 23.2 Å².